The van der Waals surface area contributed by atoms with E-state index in [1.807, 2.05) is 0 Å². The first kappa shape index (κ1) is 14.3. The van der Waals surface area contributed by atoms with E-state index in [1.165, 1.54) is 6.07 Å². The van der Waals surface area contributed by atoms with Crippen molar-refractivity contribution >= 4 is 21.6 Å². The Labute approximate surface area is 119 Å². The summed E-state index contributed by atoms with van der Waals surface area (Å²) in [6.07, 6.45) is 4.82. The SMILES string of the molecule is N#CC1CCCCCC1Nc1c(F)cc(F)cc1Br. The number of halogens is 3. The van der Waals surface area contributed by atoms with Crippen LogP contribution in [0.4, 0.5) is 14.5 Å². The summed E-state index contributed by atoms with van der Waals surface area (Å²) >= 11 is 3.16. The Morgan fingerprint density at radius 3 is 2.63 bits per heavy atom. The minimum Gasteiger partial charge on any atom is -0.378 e. The third kappa shape index (κ3) is 3.44. The molecule has 1 saturated carbocycles. The Hall–Kier alpha value is -1.15. The highest BCUT2D eigenvalue weighted by atomic mass is 79.9. The molecule has 0 saturated heterocycles. The fourth-order valence-corrected chi connectivity index (χ4v) is 3.02. The molecule has 0 aromatic heterocycles. The highest BCUT2D eigenvalue weighted by Gasteiger charge is 2.25. The van der Waals surface area contributed by atoms with Crippen molar-refractivity contribution in [3.05, 3.63) is 28.2 Å². The van der Waals surface area contributed by atoms with Crippen LogP contribution in [0.5, 0.6) is 0 Å². The molecule has 1 aliphatic rings. The van der Waals surface area contributed by atoms with Crippen molar-refractivity contribution in [3.63, 3.8) is 0 Å². The maximum Gasteiger partial charge on any atom is 0.150 e. The molecule has 1 aromatic carbocycles. The molecule has 19 heavy (non-hydrogen) atoms. The van der Waals surface area contributed by atoms with Crippen LogP contribution in [-0.2, 0) is 0 Å². The summed E-state index contributed by atoms with van der Waals surface area (Å²) in [7, 11) is 0. The van der Waals surface area contributed by atoms with Crippen LogP contribution in [0.3, 0.4) is 0 Å². The molecule has 2 atom stereocenters. The molecule has 5 heteroatoms. The predicted molar refractivity (Wildman–Crippen MR) is 73.7 cm³/mol. The molecule has 0 aliphatic heterocycles. The van der Waals surface area contributed by atoms with Gasteiger partial charge in [0.05, 0.1) is 17.7 Å². The lowest BCUT2D eigenvalue weighted by Gasteiger charge is -2.23. The third-order valence-electron chi connectivity index (χ3n) is 3.52. The highest BCUT2D eigenvalue weighted by Crippen LogP contribution is 2.31. The molecule has 1 aliphatic carbocycles. The summed E-state index contributed by atoms with van der Waals surface area (Å²) in [5, 5.41) is 12.3. The summed E-state index contributed by atoms with van der Waals surface area (Å²) in [6.45, 7) is 0. The highest BCUT2D eigenvalue weighted by molar-refractivity contribution is 9.10. The van der Waals surface area contributed by atoms with Crippen LogP contribution in [-0.4, -0.2) is 6.04 Å². The monoisotopic (exact) mass is 328 g/mol. The number of nitriles is 1. The lowest BCUT2D eigenvalue weighted by Crippen LogP contribution is -2.28. The van der Waals surface area contributed by atoms with Gasteiger partial charge in [0.25, 0.3) is 0 Å². The molecule has 1 fully saturated rings. The Morgan fingerprint density at radius 1 is 1.21 bits per heavy atom. The molecule has 102 valence electrons. The first-order valence-corrected chi connectivity index (χ1v) is 7.22. The zero-order chi connectivity index (χ0) is 13.8. The van der Waals surface area contributed by atoms with E-state index >= 15 is 0 Å². The van der Waals surface area contributed by atoms with E-state index in [0.29, 0.717) is 4.47 Å². The fraction of sp³-hybridized carbons (Fsp3) is 0.500. The minimum absolute atomic E-state index is 0.0799. The summed E-state index contributed by atoms with van der Waals surface area (Å²) in [5.74, 6) is -1.38. The number of anilines is 1. The summed E-state index contributed by atoms with van der Waals surface area (Å²) < 4.78 is 27.2. The average molecular weight is 329 g/mol. The van der Waals surface area contributed by atoms with E-state index < -0.39 is 11.6 Å². The molecule has 1 aromatic rings. The van der Waals surface area contributed by atoms with E-state index in [-0.39, 0.29) is 17.6 Å². The van der Waals surface area contributed by atoms with Crippen LogP contribution in [0.15, 0.2) is 16.6 Å². The number of hydrogen-bond donors (Lipinski definition) is 1. The quantitative estimate of drug-likeness (QED) is 0.804. The second kappa shape index (κ2) is 6.33. The van der Waals surface area contributed by atoms with Gasteiger partial charge in [-0.05, 0) is 34.8 Å². The second-order valence-electron chi connectivity index (χ2n) is 4.87. The van der Waals surface area contributed by atoms with Crippen LogP contribution in [0.2, 0.25) is 0 Å². The summed E-state index contributed by atoms with van der Waals surface area (Å²) in [5.41, 5.74) is 0.244. The van der Waals surface area contributed by atoms with Crippen molar-refractivity contribution in [2.75, 3.05) is 5.32 Å². The van der Waals surface area contributed by atoms with Gasteiger partial charge in [-0.25, -0.2) is 8.78 Å². The standard InChI is InChI=1S/C14H15BrF2N2/c15-11-6-10(16)7-12(17)14(11)19-13-5-3-1-2-4-9(13)8-18/h6-7,9,13,19H,1-5H2. The van der Waals surface area contributed by atoms with Gasteiger partial charge in [0.1, 0.15) is 11.6 Å². The Kier molecular flexibility index (Phi) is 4.76. The van der Waals surface area contributed by atoms with Crippen LogP contribution >= 0.6 is 15.9 Å². The Bertz CT molecular complexity index is 476. The minimum atomic E-state index is -0.632. The van der Waals surface area contributed by atoms with Gasteiger partial charge in [-0.3, -0.25) is 0 Å². The summed E-state index contributed by atoms with van der Waals surface area (Å²) in [4.78, 5) is 0. The molecular weight excluding hydrogens is 314 g/mol. The molecule has 0 spiro atoms. The van der Waals surface area contributed by atoms with Crippen molar-refractivity contribution in [1.29, 1.82) is 5.26 Å². The van der Waals surface area contributed by atoms with Crippen molar-refractivity contribution in [2.45, 2.75) is 38.1 Å². The van der Waals surface area contributed by atoms with E-state index in [2.05, 4.69) is 27.3 Å². The van der Waals surface area contributed by atoms with Gasteiger partial charge >= 0.3 is 0 Å². The van der Waals surface area contributed by atoms with Crippen LogP contribution in [0.25, 0.3) is 0 Å². The van der Waals surface area contributed by atoms with E-state index in [0.717, 1.165) is 38.2 Å². The first-order valence-electron chi connectivity index (χ1n) is 6.42. The molecule has 0 amide bonds. The van der Waals surface area contributed by atoms with Gasteiger partial charge in [0, 0.05) is 16.6 Å². The third-order valence-corrected chi connectivity index (χ3v) is 4.14. The van der Waals surface area contributed by atoms with Crippen molar-refractivity contribution in [3.8, 4) is 6.07 Å². The maximum absolute atomic E-state index is 13.8. The van der Waals surface area contributed by atoms with Crippen molar-refractivity contribution in [2.24, 2.45) is 5.92 Å². The van der Waals surface area contributed by atoms with Crippen molar-refractivity contribution < 1.29 is 8.78 Å². The molecule has 2 unspecified atom stereocenters. The van der Waals surface area contributed by atoms with Gasteiger partial charge in [-0.2, -0.15) is 5.26 Å². The average Bonchev–Trinajstić information content (AvgIpc) is 2.58. The normalized spacial score (nSPS) is 23.5. The fourth-order valence-electron chi connectivity index (χ4n) is 2.50. The molecule has 1 N–H and O–H groups in total. The summed E-state index contributed by atoms with van der Waals surface area (Å²) in [6, 6.07) is 4.29. The number of hydrogen-bond acceptors (Lipinski definition) is 2. The van der Waals surface area contributed by atoms with Gasteiger partial charge in [0.15, 0.2) is 0 Å². The molecular formula is C14H15BrF2N2. The number of rotatable bonds is 2. The van der Waals surface area contributed by atoms with E-state index in [1.54, 1.807) is 0 Å². The van der Waals surface area contributed by atoms with Gasteiger partial charge in [0.2, 0.25) is 0 Å². The Morgan fingerprint density at radius 2 is 1.95 bits per heavy atom. The molecule has 2 nitrogen and oxygen atoms in total. The lowest BCUT2D eigenvalue weighted by atomic mass is 9.96. The zero-order valence-corrected chi connectivity index (χ0v) is 12.0. The van der Waals surface area contributed by atoms with E-state index in [4.69, 9.17) is 0 Å². The lowest BCUT2D eigenvalue weighted by molar-refractivity contribution is 0.508. The second-order valence-corrected chi connectivity index (χ2v) is 5.72. The van der Waals surface area contributed by atoms with Crippen LogP contribution in [0, 0.1) is 28.9 Å². The number of nitrogens with zero attached hydrogens (tertiary/aromatic N) is 1. The maximum atomic E-state index is 13.8. The van der Waals surface area contributed by atoms with Gasteiger partial charge < -0.3 is 5.32 Å². The molecule has 2 rings (SSSR count). The predicted octanol–water partition coefficient (Wildman–Crippen LogP) is 4.61. The Balaban J connectivity index is 2.22. The molecule has 0 heterocycles. The molecule has 0 radical (unpaired) electrons. The van der Waals surface area contributed by atoms with Crippen LogP contribution in [0.1, 0.15) is 32.1 Å². The first-order chi connectivity index (χ1) is 9.11. The van der Waals surface area contributed by atoms with Crippen molar-refractivity contribution in [1.82, 2.24) is 0 Å². The molecule has 0 bridgehead atoms. The number of benzene rings is 1. The number of nitrogens with one attached hydrogen (secondary N) is 1. The van der Waals surface area contributed by atoms with Gasteiger partial charge in [-0.15, -0.1) is 0 Å². The van der Waals surface area contributed by atoms with Crippen LogP contribution < -0.4 is 5.32 Å². The zero-order valence-electron chi connectivity index (χ0n) is 10.4. The van der Waals surface area contributed by atoms with E-state index in [9.17, 15) is 14.0 Å². The topological polar surface area (TPSA) is 35.8 Å². The largest absolute Gasteiger partial charge is 0.378 e. The van der Waals surface area contributed by atoms with Gasteiger partial charge in [-0.1, -0.05) is 19.3 Å². The smallest absolute Gasteiger partial charge is 0.150 e.